The van der Waals surface area contributed by atoms with Crippen LogP contribution in [-0.4, -0.2) is 67.1 Å². The highest BCUT2D eigenvalue weighted by Crippen LogP contribution is 2.44. The van der Waals surface area contributed by atoms with Crippen molar-refractivity contribution in [3.63, 3.8) is 0 Å². The van der Waals surface area contributed by atoms with Crippen molar-refractivity contribution in [3.05, 3.63) is 58.3 Å². The van der Waals surface area contributed by atoms with Gasteiger partial charge in [0, 0.05) is 50.5 Å². The molecule has 170 valence electrons. The first-order valence-corrected chi connectivity index (χ1v) is 11.5. The van der Waals surface area contributed by atoms with Crippen molar-refractivity contribution in [1.82, 2.24) is 28.9 Å². The van der Waals surface area contributed by atoms with Crippen LogP contribution >= 0.6 is 0 Å². The molecule has 1 spiro atoms. The summed E-state index contributed by atoms with van der Waals surface area (Å²) >= 11 is 0. The number of aryl methyl sites for hydroxylation is 2. The number of aromatic nitrogens is 5. The van der Waals surface area contributed by atoms with Crippen LogP contribution in [0.5, 0.6) is 0 Å². The second kappa shape index (κ2) is 7.36. The maximum Gasteiger partial charge on any atom is 0.258 e. The van der Waals surface area contributed by atoms with Crippen LogP contribution in [0, 0.1) is 13.8 Å². The van der Waals surface area contributed by atoms with Crippen molar-refractivity contribution in [3.8, 4) is 11.4 Å². The molecule has 33 heavy (non-hydrogen) atoms. The first kappa shape index (κ1) is 20.3. The molecule has 2 fully saturated rings. The number of imidazole rings is 1. The summed E-state index contributed by atoms with van der Waals surface area (Å²) < 4.78 is 3.39. The standard InChI is InChI=1S/C24H28N8O/c1-16-11-20(28-32-13-17(2)26-23(16)32)19-12-22(33)31-14-18(3-4-21(31)27-19)29-9-10-30(8-7-25)24(15-29)5-6-24/h3-4,11-14H,5-10,15,25H2,1-2H3. The van der Waals surface area contributed by atoms with Gasteiger partial charge >= 0.3 is 0 Å². The summed E-state index contributed by atoms with van der Waals surface area (Å²) in [5, 5.41) is 4.63. The molecule has 0 radical (unpaired) electrons. The van der Waals surface area contributed by atoms with Crippen molar-refractivity contribution in [2.45, 2.75) is 32.2 Å². The lowest BCUT2D eigenvalue weighted by Gasteiger charge is -2.43. The Morgan fingerprint density at radius 1 is 1.06 bits per heavy atom. The third kappa shape index (κ3) is 3.39. The molecule has 0 bridgehead atoms. The summed E-state index contributed by atoms with van der Waals surface area (Å²) in [5.41, 5.74) is 11.6. The molecule has 1 saturated carbocycles. The lowest BCUT2D eigenvalue weighted by molar-refractivity contribution is 0.162. The third-order valence-electron chi connectivity index (χ3n) is 7.02. The lowest BCUT2D eigenvalue weighted by atomic mass is 10.1. The van der Waals surface area contributed by atoms with Gasteiger partial charge in [-0.1, -0.05) is 0 Å². The smallest absolute Gasteiger partial charge is 0.258 e. The zero-order valence-corrected chi connectivity index (χ0v) is 19.0. The maximum atomic E-state index is 13.1. The Morgan fingerprint density at radius 2 is 1.91 bits per heavy atom. The monoisotopic (exact) mass is 444 g/mol. The highest BCUT2D eigenvalue weighted by molar-refractivity contribution is 5.62. The minimum absolute atomic E-state index is 0.110. The average Bonchev–Trinajstić information content (AvgIpc) is 3.46. The van der Waals surface area contributed by atoms with E-state index >= 15 is 0 Å². The first-order valence-electron chi connectivity index (χ1n) is 11.5. The van der Waals surface area contributed by atoms with Crippen molar-refractivity contribution >= 4 is 17.0 Å². The van der Waals surface area contributed by atoms with E-state index in [2.05, 4.69) is 25.9 Å². The van der Waals surface area contributed by atoms with Gasteiger partial charge in [0.2, 0.25) is 0 Å². The second-order valence-electron chi connectivity index (χ2n) is 9.38. The molecule has 0 unspecified atom stereocenters. The number of pyridine rings is 1. The third-order valence-corrected chi connectivity index (χ3v) is 7.02. The summed E-state index contributed by atoms with van der Waals surface area (Å²) in [7, 11) is 0. The fourth-order valence-corrected chi connectivity index (χ4v) is 5.14. The van der Waals surface area contributed by atoms with E-state index in [0.29, 0.717) is 23.6 Å². The van der Waals surface area contributed by atoms with Crippen LogP contribution < -0.4 is 16.2 Å². The van der Waals surface area contributed by atoms with Gasteiger partial charge in [0.05, 0.1) is 23.3 Å². The van der Waals surface area contributed by atoms with Crippen molar-refractivity contribution in [2.75, 3.05) is 37.6 Å². The van der Waals surface area contributed by atoms with Crippen LogP contribution in [0.15, 0.2) is 41.5 Å². The normalized spacial score (nSPS) is 18.0. The summed E-state index contributed by atoms with van der Waals surface area (Å²) in [4.78, 5) is 27.3. The van der Waals surface area contributed by atoms with Crippen LogP contribution in [0.2, 0.25) is 0 Å². The van der Waals surface area contributed by atoms with Crippen LogP contribution in [-0.2, 0) is 0 Å². The van der Waals surface area contributed by atoms with Crippen LogP contribution in [0.3, 0.4) is 0 Å². The zero-order valence-electron chi connectivity index (χ0n) is 19.0. The molecule has 6 rings (SSSR count). The van der Waals surface area contributed by atoms with Gasteiger partial charge in [-0.25, -0.2) is 14.5 Å². The van der Waals surface area contributed by atoms with Gasteiger partial charge in [-0.3, -0.25) is 14.1 Å². The van der Waals surface area contributed by atoms with Crippen LogP contribution in [0.4, 0.5) is 5.69 Å². The molecule has 0 amide bonds. The number of nitrogens with zero attached hydrogens (tertiary/aromatic N) is 7. The molecule has 1 aliphatic carbocycles. The topological polar surface area (TPSA) is 97.1 Å². The Balaban J connectivity index is 1.34. The molecule has 0 aromatic carbocycles. The van der Waals surface area contributed by atoms with Gasteiger partial charge in [0.25, 0.3) is 5.56 Å². The molecule has 0 atom stereocenters. The highest BCUT2D eigenvalue weighted by Gasteiger charge is 2.50. The number of hydrogen-bond acceptors (Lipinski definition) is 7. The van der Waals surface area contributed by atoms with E-state index in [9.17, 15) is 4.79 Å². The Labute approximate surface area is 191 Å². The van der Waals surface area contributed by atoms with Gasteiger partial charge in [0.1, 0.15) is 11.3 Å². The Kier molecular flexibility index (Phi) is 4.53. The molecule has 4 aromatic heterocycles. The van der Waals surface area contributed by atoms with Gasteiger partial charge in [-0.05, 0) is 50.5 Å². The second-order valence-corrected chi connectivity index (χ2v) is 9.38. The number of fused-ring (bicyclic) bond motifs is 2. The van der Waals surface area contributed by atoms with E-state index in [1.54, 1.807) is 15.0 Å². The van der Waals surface area contributed by atoms with E-state index in [1.165, 1.54) is 12.8 Å². The lowest BCUT2D eigenvalue weighted by Crippen LogP contribution is -2.56. The van der Waals surface area contributed by atoms with Crippen molar-refractivity contribution < 1.29 is 0 Å². The summed E-state index contributed by atoms with van der Waals surface area (Å²) in [6.45, 7) is 8.50. The molecule has 9 heteroatoms. The van der Waals surface area contributed by atoms with E-state index in [0.717, 1.165) is 48.8 Å². The SMILES string of the molecule is Cc1cn2nc(-c3cc(=O)n4cc(N5CCN(CCN)C6(CC6)C5)ccc4n3)cc(C)c2n1. The number of nitrogens with two attached hydrogens (primary N) is 1. The molecular formula is C24H28N8O. The molecule has 2 N–H and O–H groups in total. The molecule has 9 nitrogen and oxygen atoms in total. The molecule has 5 heterocycles. The highest BCUT2D eigenvalue weighted by atomic mass is 16.1. The quantitative estimate of drug-likeness (QED) is 0.511. The molecular weight excluding hydrogens is 416 g/mol. The van der Waals surface area contributed by atoms with Gasteiger partial charge in [-0.15, -0.1) is 0 Å². The van der Waals surface area contributed by atoms with Crippen molar-refractivity contribution in [2.24, 2.45) is 5.73 Å². The van der Waals surface area contributed by atoms with E-state index in [-0.39, 0.29) is 11.1 Å². The number of anilines is 1. The minimum Gasteiger partial charge on any atom is -0.367 e. The van der Waals surface area contributed by atoms with Gasteiger partial charge in [0.15, 0.2) is 5.65 Å². The van der Waals surface area contributed by atoms with E-state index in [4.69, 9.17) is 10.7 Å². The zero-order chi connectivity index (χ0) is 22.7. The van der Waals surface area contributed by atoms with E-state index < -0.39 is 0 Å². The number of piperazine rings is 1. The van der Waals surface area contributed by atoms with Crippen molar-refractivity contribution in [1.29, 1.82) is 0 Å². The first-order chi connectivity index (χ1) is 16.0. The van der Waals surface area contributed by atoms with Gasteiger partial charge < -0.3 is 10.6 Å². The van der Waals surface area contributed by atoms with Crippen LogP contribution in [0.25, 0.3) is 22.7 Å². The Morgan fingerprint density at radius 3 is 2.70 bits per heavy atom. The summed E-state index contributed by atoms with van der Waals surface area (Å²) in [6, 6.07) is 7.50. The molecule has 2 aliphatic rings. The predicted octanol–water partition coefficient (Wildman–Crippen LogP) is 1.63. The fourth-order valence-electron chi connectivity index (χ4n) is 5.14. The molecule has 4 aromatic rings. The van der Waals surface area contributed by atoms with E-state index in [1.807, 2.05) is 38.4 Å². The number of rotatable bonds is 4. The van der Waals surface area contributed by atoms with Crippen LogP contribution in [0.1, 0.15) is 24.1 Å². The Hall–Kier alpha value is -3.30. The summed E-state index contributed by atoms with van der Waals surface area (Å²) in [6.07, 6.45) is 6.24. The minimum atomic E-state index is -0.110. The molecule has 1 saturated heterocycles. The maximum absolute atomic E-state index is 13.1. The average molecular weight is 445 g/mol. The molecule has 1 aliphatic heterocycles. The van der Waals surface area contributed by atoms with Gasteiger partial charge in [-0.2, -0.15) is 5.10 Å². The Bertz CT molecular complexity index is 1430. The largest absolute Gasteiger partial charge is 0.367 e. The number of hydrogen-bond donors (Lipinski definition) is 1. The predicted molar refractivity (Wildman–Crippen MR) is 128 cm³/mol. The fraction of sp³-hybridized carbons (Fsp3) is 0.417. The summed E-state index contributed by atoms with van der Waals surface area (Å²) in [5.74, 6) is 0.